The first kappa shape index (κ1) is 21.9. The number of rotatable bonds is 6. The number of benzene rings is 1. The SMILES string of the molecule is COc1cccc(CC(=O)N2CC[C@H](c3ccnc4c(CN5CCOCC5)c(C)nn34)C2)c1. The molecule has 1 aromatic carbocycles. The standard InChI is InChI=1S/C25H31N5O3/c1-18-22(17-28-10-12-33-13-11-28)25-26-8-6-23(30(25)27-18)20-7-9-29(16-20)24(31)15-19-4-3-5-21(14-19)32-2/h3-6,8,14,20H,7,9-13,15-17H2,1-2H3/t20-/m0/s1. The number of methoxy groups -OCH3 is 1. The Bertz CT molecular complexity index is 1140. The van der Waals surface area contributed by atoms with Gasteiger partial charge in [0.2, 0.25) is 5.91 Å². The molecule has 5 rings (SSSR count). The van der Waals surface area contributed by atoms with Gasteiger partial charge >= 0.3 is 0 Å². The van der Waals surface area contributed by atoms with Crippen LogP contribution in [0.1, 0.15) is 34.9 Å². The topological polar surface area (TPSA) is 72.2 Å². The first-order valence-electron chi connectivity index (χ1n) is 11.7. The van der Waals surface area contributed by atoms with Gasteiger partial charge in [-0.15, -0.1) is 0 Å². The number of carbonyl (C=O) groups is 1. The van der Waals surface area contributed by atoms with Crippen molar-refractivity contribution in [1.82, 2.24) is 24.4 Å². The van der Waals surface area contributed by atoms with Gasteiger partial charge in [-0.25, -0.2) is 9.50 Å². The van der Waals surface area contributed by atoms with Crippen molar-refractivity contribution >= 4 is 11.6 Å². The van der Waals surface area contributed by atoms with Crippen molar-refractivity contribution < 1.29 is 14.3 Å². The molecular formula is C25H31N5O3. The summed E-state index contributed by atoms with van der Waals surface area (Å²) in [4.78, 5) is 22.0. The van der Waals surface area contributed by atoms with Gasteiger partial charge in [0.05, 0.1) is 38.1 Å². The highest BCUT2D eigenvalue weighted by molar-refractivity contribution is 5.79. The molecule has 2 saturated heterocycles. The largest absolute Gasteiger partial charge is 0.497 e. The zero-order valence-electron chi connectivity index (χ0n) is 19.4. The molecule has 0 bridgehead atoms. The molecule has 33 heavy (non-hydrogen) atoms. The summed E-state index contributed by atoms with van der Waals surface area (Å²) in [5, 5.41) is 4.86. The van der Waals surface area contributed by atoms with E-state index in [9.17, 15) is 4.79 Å². The summed E-state index contributed by atoms with van der Waals surface area (Å²) in [7, 11) is 1.64. The third-order valence-corrected chi connectivity index (χ3v) is 6.78. The van der Waals surface area contributed by atoms with Crippen molar-refractivity contribution in [2.45, 2.75) is 32.2 Å². The van der Waals surface area contributed by atoms with Gasteiger partial charge in [0.15, 0.2) is 5.65 Å². The molecule has 2 aromatic heterocycles. The Morgan fingerprint density at radius 3 is 2.88 bits per heavy atom. The van der Waals surface area contributed by atoms with Gasteiger partial charge < -0.3 is 14.4 Å². The lowest BCUT2D eigenvalue weighted by Crippen LogP contribution is -2.35. The Hall–Kier alpha value is -2.97. The van der Waals surface area contributed by atoms with Gasteiger partial charge in [-0.05, 0) is 37.1 Å². The molecule has 2 fully saturated rings. The number of aryl methyl sites for hydroxylation is 1. The minimum atomic E-state index is 0.153. The average molecular weight is 450 g/mol. The van der Waals surface area contributed by atoms with Crippen LogP contribution in [0.15, 0.2) is 36.5 Å². The zero-order chi connectivity index (χ0) is 22.8. The summed E-state index contributed by atoms with van der Waals surface area (Å²) in [6.07, 6.45) is 3.20. The first-order chi connectivity index (χ1) is 16.1. The molecule has 4 heterocycles. The lowest BCUT2D eigenvalue weighted by molar-refractivity contribution is -0.129. The molecule has 0 saturated carbocycles. The van der Waals surface area contributed by atoms with Crippen molar-refractivity contribution in [1.29, 1.82) is 0 Å². The van der Waals surface area contributed by atoms with Gasteiger partial charge in [-0.2, -0.15) is 5.10 Å². The van der Waals surface area contributed by atoms with Crippen molar-refractivity contribution in [3.05, 3.63) is 59.0 Å². The smallest absolute Gasteiger partial charge is 0.227 e. The zero-order valence-corrected chi connectivity index (χ0v) is 19.4. The molecular weight excluding hydrogens is 418 g/mol. The van der Waals surface area contributed by atoms with Gasteiger partial charge in [0, 0.05) is 50.4 Å². The van der Waals surface area contributed by atoms with Gasteiger partial charge in [0.25, 0.3) is 0 Å². The van der Waals surface area contributed by atoms with Crippen LogP contribution in [0.3, 0.4) is 0 Å². The van der Waals surface area contributed by atoms with Gasteiger partial charge in [0.1, 0.15) is 5.75 Å². The molecule has 0 N–H and O–H groups in total. The molecule has 0 radical (unpaired) electrons. The fourth-order valence-electron chi connectivity index (χ4n) is 4.89. The first-order valence-corrected chi connectivity index (χ1v) is 11.7. The van der Waals surface area contributed by atoms with Crippen molar-refractivity contribution in [3.63, 3.8) is 0 Å². The van der Waals surface area contributed by atoms with Crippen LogP contribution in [-0.4, -0.2) is 76.8 Å². The predicted octanol–water partition coefficient (Wildman–Crippen LogP) is 2.44. The van der Waals surface area contributed by atoms with E-state index >= 15 is 0 Å². The Labute approximate surface area is 194 Å². The average Bonchev–Trinajstić information content (AvgIpc) is 3.45. The maximum absolute atomic E-state index is 13.0. The van der Waals surface area contributed by atoms with Gasteiger partial charge in [-0.1, -0.05) is 12.1 Å². The van der Waals surface area contributed by atoms with Crippen LogP contribution in [0.2, 0.25) is 0 Å². The van der Waals surface area contributed by atoms with Crippen LogP contribution >= 0.6 is 0 Å². The lowest BCUT2D eigenvalue weighted by atomic mass is 10.0. The molecule has 0 aliphatic carbocycles. The summed E-state index contributed by atoms with van der Waals surface area (Å²) < 4.78 is 12.8. The second-order valence-corrected chi connectivity index (χ2v) is 8.91. The fraction of sp³-hybridized carbons (Fsp3) is 0.480. The van der Waals surface area contributed by atoms with Crippen LogP contribution in [-0.2, 0) is 22.5 Å². The van der Waals surface area contributed by atoms with E-state index in [2.05, 4.69) is 22.9 Å². The molecule has 2 aliphatic heterocycles. The molecule has 8 heteroatoms. The number of hydrogen-bond donors (Lipinski definition) is 0. The molecule has 1 atom stereocenters. The number of carbonyl (C=O) groups excluding carboxylic acids is 1. The van der Waals surface area contributed by atoms with Crippen LogP contribution in [0, 0.1) is 6.92 Å². The Balaban J connectivity index is 1.31. The molecule has 2 aliphatic rings. The summed E-state index contributed by atoms with van der Waals surface area (Å²) in [6, 6.07) is 9.78. The number of morpholine rings is 1. The van der Waals surface area contributed by atoms with Crippen molar-refractivity contribution in [2.75, 3.05) is 46.5 Å². The van der Waals surface area contributed by atoms with Crippen LogP contribution in [0.4, 0.5) is 0 Å². The highest BCUT2D eigenvalue weighted by Crippen LogP contribution is 2.29. The number of aromatic nitrogens is 3. The number of likely N-dealkylation sites (tertiary alicyclic amines) is 1. The number of amides is 1. The third kappa shape index (κ3) is 4.58. The molecule has 3 aromatic rings. The summed E-state index contributed by atoms with van der Waals surface area (Å²) in [5.74, 6) is 1.18. The molecule has 174 valence electrons. The quantitative estimate of drug-likeness (QED) is 0.576. The molecule has 0 spiro atoms. The van der Waals surface area contributed by atoms with Crippen molar-refractivity contribution in [3.8, 4) is 5.75 Å². The second-order valence-electron chi connectivity index (χ2n) is 8.91. The van der Waals surface area contributed by atoms with E-state index in [0.717, 1.165) is 74.2 Å². The monoisotopic (exact) mass is 449 g/mol. The van der Waals surface area contributed by atoms with Crippen LogP contribution in [0.5, 0.6) is 5.75 Å². The van der Waals surface area contributed by atoms with E-state index in [1.54, 1.807) is 7.11 Å². The highest BCUT2D eigenvalue weighted by atomic mass is 16.5. The van der Waals surface area contributed by atoms with E-state index in [1.165, 1.54) is 5.56 Å². The van der Waals surface area contributed by atoms with E-state index in [4.69, 9.17) is 14.6 Å². The number of fused-ring (bicyclic) bond motifs is 1. The number of nitrogens with zero attached hydrogens (tertiary/aromatic N) is 5. The predicted molar refractivity (Wildman–Crippen MR) is 124 cm³/mol. The Morgan fingerprint density at radius 2 is 2.06 bits per heavy atom. The molecule has 1 amide bonds. The van der Waals surface area contributed by atoms with E-state index in [-0.39, 0.29) is 11.8 Å². The minimum absolute atomic E-state index is 0.153. The van der Waals surface area contributed by atoms with E-state index < -0.39 is 0 Å². The molecule has 0 unspecified atom stereocenters. The normalized spacial score (nSPS) is 19.3. The summed E-state index contributed by atoms with van der Waals surface area (Å²) in [6.45, 7) is 7.79. The number of ether oxygens (including phenoxy) is 2. The summed E-state index contributed by atoms with van der Waals surface area (Å²) in [5.41, 5.74) is 5.24. The maximum atomic E-state index is 13.0. The van der Waals surface area contributed by atoms with E-state index in [0.29, 0.717) is 13.0 Å². The minimum Gasteiger partial charge on any atom is -0.497 e. The summed E-state index contributed by atoms with van der Waals surface area (Å²) >= 11 is 0. The van der Waals surface area contributed by atoms with Crippen LogP contribution in [0.25, 0.3) is 5.65 Å². The second kappa shape index (κ2) is 9.49. The number of hydrogen-bond acceptors (Lipinski definition) is 6. The van der Waals surface area contributed by atoms with Crippen LogP contribution < -0.4 is 4.74 Å². The fourth-order valence-corrected chi connectivity index (χ4v) is 4.89. The highest BCUT2D eigenvalue weighted by Gasteiger charge is 2.30. The molecule has 8 nitrogen and oxygen atoms in total. The maximum Gasteiger partial charge on any atom is 0.227 e. The third-order valence-electron chi connectivity index (χ3n) is 6.78. The van der Waals surface area contributed by atoms with Gasteiger partial charge in [-0.3, -0.25) is 9.69 Å². The lowest BCUT2D eigenvalue weighted by Gasteiger charge is -2.26. The van der Waals surface area contributed by atoms with Crippen molar-refractivity contribution in [2.24, 2.45) is 0 Å². The van der Waals surface area contributed by atoms with E-state index in [1.807, 2.05) is 39.9 Å². The Morgan fingerprint density at radius 1 is 1.21 bits per heavy atom. The Kier molecular flexibility index (Phi) is 6.28.